The van der Waals surface area contributed by atoms with Crippen molar-refractivity contribution < 1.29 is 40.6 Å². The summed E-state index contributed by atoms with van der Waals surface area (Å²) < 4.78 is 0. The number of carbonyl (C=O) groups is 3. The third-order valence-electron chi connectivity index (χ3n) is 0.545. The number of hydrogen-bond acceptors (Lipinski definition) is 3. The predicted octanol–water partition coefficient (Wildman–Crippen LogP) is -0.569. The van der Waals surface area contributed by atoms with Crippen LogP contribution in [0.25, 0.3) is 0 Å². The van der Waals surface area contributed by atoms with Crippen molar-refractivity contribution in [2.45, 2.75) is 6.92 Å². The van der Waals surface area contributed by atoms with Crippen molar-refractivity contribution in [3.05, 3.63) is 6.42 Å². The second kappa shape index (κ2) is 5.18. The van der Waals surface area contributed by atoms with Crippen molar-refractivity contribution in [2.24, 2.45) is 0 Å². The van der Waals surface area contributed by atoms with E-state index >= 15 is 0 Å². The van der Waals surface area contributed by atoms with E-state index in [9.17, 15) is 14.4 Å². The molecule has 0 atom stereocenters. The topological polar surface area (TPSA) is 71.4 Å². The molecule has 0 radical (unpaired) electrons. The molecule has 0 aliphatic carbocycles. The van der Waals surface area contributed by atoms with E-state index in [4.69, 9.17) is 5.11 Å². The minimum atomic E-state index is -1.61. The van der Waals surface area contributed by atoms with Crippen LogP contribution in [0.5, 0.6) is 0 Å². The maximum absolute atomic E-state index is 10.1. The number of carbonyl (C=O) groups excluding carboxylic acids is 2. The summed E-state index contributed by atoms with van der Waals surface area (Å²) in [5.74, 6) is -3.34. The molecule has 5 heteroatoms. The minimum absolute atomic E-state index is 0. The van der Waals surface area contributed by atoms with Crippen LogP contribution < -0.4 is 0 Å². The molecule has 0 aromatic rings. The number of Topliss-reactive ketones (excluding diaryl/α,β-unsaturated/α-hetero) is 2. The van der Waals surface area contributed by atoms with E-state index < -0.39 is 17.5 Å². The van der Waals surface area contributed by atoms with Gasteiger partial charge in [0.15, 0.2) is 0 Å². The number of ketones is 2. The maximum Gasteiger partial charge on any atom is 0.213 e. The Labute approximate surface area is 71.9 Å². The normalized spacial score (nSPS) is 7.30. The first-order valence-electron chi connectivity index (χ1n) is 2.16. The number of carboxylic acids is 1. The molecule has 10 heavy (non-hydrogen) atoms. The molecule has 0 fully saturated rings. The quantitative estimate of drug-likeness (QED) is 0.302. The Kier molecular flexibility index (Phi) is 6.26. The molecule has 0 aliphatic heterocycles. The van der Waals surface area contributed by atoms with Gasteiger partial charge in [-0.25, -0.2) is 0 Å². The largest absolute Gasteiger partial charge is 0.560 e. The van der Waals surface area contributed by atoms with Gasteiger partial charge in [-0.2, -0.15) is 0 Å². The second-order valence-electron chi connectivity index (χ2n) is 1.42. The summed E-state index contributed by atoms with van der Waals surface area (Å²) in [5, 5.41) is 7.90. The summed E-state index contributed by atoms with van der Waals surface area (Å²) in [4.78, 5) is 29.8. The van der Waals surface area contributed by atoms with Gasteiger partial charge >= 0.3 is 0 Å². The van der Waals surface area contributed by atoms with Gasteiger partial charge in [-0.3, -0.25) is 0 Å². The van der Waals surface area contributed by atoms with Crippen LogP contribution in [0.4, 0.5) is 0 Å². The molecule has 0 aromatic heterocycles. The van der Waals surface area contributed by atoms with Gasteiger partial charge in [0, 0.05) is 21.1 Å². The first kappa shape index (κ1) is 12.1. The molecule has 0 bridgehead atoms. The van der Waals surface area contributed by atoms with Crippen LogP contribution in [0.1, 0.15) is 6.92 Å². The molecule has 0 amide bonds. The fraction of sp³-hybridized carbons (Fsp3) is 0.200. The molecule has 0 heterocycles. The summed E-state index contributed by atoms with van der Waals surface area (Å²) in [7, 11) is 0. The zero-order chi connectivity index (χ0) is 7.44. The molecule has 0 rings (SSSR count). The third kappa shape index (κ3) is 5.50. The maximum atomic E-state index is 10.1. The average molecular weight is 225 g/mol. The Morgan fingerprint density at radius 3 is 1.80 bits per heavy atom. The monoisotopic (exact) mass is 227 g/mol. The van der Waals surface area contributed by atoms with Crippen molar-refractivity contribution in [2.75, 3.05) is 0 Å². The first-order valence-corrected chi connectivity index (χ1v) is 2.16. The Morgan fingerprint density at radius 2 is 1.70 bits per heavy atom. The van der Waals surface area contributed by atoms with Crippen LogP contribution in [0.3, 0.4) is 0 Å². The van der Waals surface area contributed by atoms with E-state index in [1.165, 1.54) is 0 Å². The van der Waals surface area contributed by atoms with E-state index in [-0.39, 0.29) is 21.1 Å². The van der Waals surface area contributed by atoms with Crippen molar-refractivity contribution in [3.8, 4) is 0 Å². The van der Waals surface area contributed by atoms with Gasteiger partial charge < -0.3 is 19.5 Å². The van der Waals surface area contributed by atoms with Gasteiger partial charge in [0.2, 0.25) is 5.97 Å². The summed E-state index contributed by atoms with van der Waals surface area (Å²) in [6, 6.07) is 0. The number of hydrogen-bond donors (Lipinski definition) is 1. The molecule has 1 N–H and O–H groups in total. The molecule has 0 spiro atoms. The molecule has 56 valence electrons. The average Bonchev–Trinajstić information content (AvgIpc) is 1.63. The van der Waals surface area contributed by atoms with Crippen LogP contribution in [-0.4, -0.2) is 22.6 Å². The van der Waals surface area contributed by atoms with Gasteiger partial charge in [0.05, 0.1) is 5.78 Å². The fourth-order valence-electron chi connectivity index (χ4n) is 0.246. The third-order valence-corrected chi connectivity index (χ3v) is 0.545. The Hall–Kier alpha value is -0.632. The van der Waals surface area contributed by atoms with Gasteiger partial charge in [0.25, 0.3) is 0 Å². The molecule has 0 saturated carbocycles. The van der Waals surface area contributed by atoms with Crippen LogP contribution in [0.2, 0.25) is 0 Å². The summed E-state index contributed by atoms with van der Waals surface area (Å²) in [5.41, 5.74) is 0. The number of carboxylic acid groups (broad SMARTS) is 1. The molecule has 4 nitrogen and oxygen atoms in total. The summed E-state index contributed by atoms with van der Waals surface area (Å²) >= 11 is 0. The second-order valence-corrected chi connectivity index (χ2v) is 1.42. The molecule has 0 unspecified atom stereocenters. The number of rotatable bonds is 3. The van der Waals surface area contributed by atoms with Crippen molar-refractivity contribution >= 4 is 17.5 Å². The minimum Gasteiger partial charge on any atom is -0.560 e. The van der Waals surface area contributed by atoms with Gasteiger partial charge in [0.1, 0.15) is 5.78 Å². The Bertz CT molecular complexity index is 163. The van der Waals surface area contributed by atoms with Crippen molar-refractivity contribution in [3.63, 3.8) is 0 Å². The zero-order valence-corrected chi connectivity index (χ0v) is 7.16. The molecule has 0 saturated heterocycles. The van der Waals surface area contributed by atoms with Crippen LogP contribution in [0, 0.1) is 6.42 Å². The molecular weight excluding hydrogens is 220 g/mol. The van der Waals surface area contributed by atoms with Crippen LogP contribution in [0.15, 0.2) is 0 Å². The van der Waals surface area contributed by atoms with Crippen molar-refractivity contribution in [1.82, 2.24) is 0 Å². The summed E-state index contributed by atoms with van der Waals surface area (Å²) in [6.45, 7) is 1.11. The Balaban J connectivity index is 0. The van der Waals surface area contributed by atoms with Gasteiger partial charge in [-0.05, 0) is 6.92 Å². The molecule has 0 aromatic carbocycles. The fourth-order valence-corrected chi connectivity index (χ4v) is 0.246. The summed E-state index contributed by atoms with van der Waals surface area (Å²) in [6.07, 6.45) is 0.530. The molecule has 0 aliphatic rings. The smallest absolute Gasteiger partial charge is 0.213 e. The van der Waals surface area contributed by atoms with Crippen molar-refractivity contribution in [1.29, 1.82) is 0 Å². The van der Waals surface area contributed by atoms with E-state index in [2.05, 4.69) is 0 Å². The van der Waals surface area contributed by atoms with Gasteiger partial charge in [-0.15, -0.1) is 6.42 Å². The SMILES string of the molecule is CC(=O)[CH-]C(=O)C(=O)O.[Mo]. The van der Waals surface area contributed by atoms with E-state index in [1.54, 1.807) is 0 Å². The predicted molar refractivity (Wildman–Crippen MR) is 27.6 cm³/mol. The Morgan fingerprint density at radius 1 is 1.30 bits per heavy atom. The van der Waals surface area contributed by atoms with E-state index in [0.29, 0.717) is 6.42 Å². The van der Waals surface area contributed by atoms with E-state index in [1.807, 2.05) is 0 Å². The van der Waals surface area contributed by atoms with Gasteiger partial charge in [-0.1, -0.05) is 0 Å². The van der Waals surface area contributed by atoms with Crippen LogP contribution in [-0.2, 0) is 35.4 Å². The zero-order valence-electron chi connectivity index (χ0n) is 5.16. The first-order chi connectivity index (χ1) is 4.04. The molecular formula is C5H5MoO4-. The van der Waals surface area contributed by atoms with Crippen LogP contribution >= 0.6 is 0 Å². The number of aliphatic carboxylic acids is 1. The standard InChI is InChI=1S/C5H5O4.Mo/c1-3(6)2-4(7)5(8)9;/h2H,1H3,(H,8,9);/q-1;. The van der Waals surface area contributed by atoms with E-state index in [0.717, 1.165) is 6.92 Å².